The standard InChI is InChI=1S/C13H18N2O/c1-8-4-11(5-9(2)14-8)13-7-12(16)6-10(3)15-13/h4-5,10,13,15H,6-7H2,1-3H3. The molecule has 1 saturated heterocycles. The lowest BCUT2D eigenvalue weighted by Gasteiger charge is -2.28. The average molecular weight is 218 g/mol. The molecule has 1 aromatic rings. The Morgan fingerprint density at radius 3 is 2.44 bits per heavy atom. The molecule has 0 saturated carbocycles. The van der Waals surface area contributed by atoms with E-state index < -0.39 is 0 Å². The van der Waals surface area contributed by atoms with Crippen molar-refractivity contribution in [1.29, 1.82) is 0 Å². The Morgan fingerprint density at radius 2 is 1.88 bits per heavy atom. The van der Waals surface area contributed by atoms with E-state index in [1.165, 1.54) is 5.56 Å². The molecule has 1 aliphatic rings. The Balaban J connectivity index is 2.25. The van der Waals surface area contributed by atoms with Gasteiger partial charge in [-0.15, -0.1) is 0 Å². The van der Waals surface area contributed by atoms with Crippen LogP contribution in [0.25, 0.3) is 0 Å². The van der Waals surface area contributed by atoms with E-state index in [0.29, 0.717) is 18.6 Å². The second kappa shape index (κ2) is 4.34. The van der Waals surface area contributed by atoms with E-state index in [0.717, 1.165) is 11.4 Å². The molecule has 3 nitrogen and oxygen atoms in total. The molecule has 0 radical (unpaired) electrons. The van der Waals surface area contributed by atoms with Crippen LogP contribution in [-0.2, 0) is 4.79 Å². The van der Waals surface area contributed by atoms with Gasteiger partial charge in [-0.3, -0.25) is 9.78 Å². The molecule has 2 unspecified atom stereocenters. The number of ketones is 1. The number of nitrogens with one attached hydrogen (secondary N) is 1. The Morgan fingerprint density at radius 1 is 1.25 bits per heavy atom. The molecule has 1 aromatic heterocycles. The highest BCUT2D eigenvalue weighted by atomic mass is 16.1. The Kier molecular flexibility index (Phi) is 3.06. The van der Waals surface area contributed by atoms with Crippen molar-refractivity contribution in [2.45, 2.75) is 45.7 Å². The van der Waals surface area contributed by atoms with Gasteiger partial charge in [0.1, 0.15) is 5.78 Å². The number of aromatic nitrogens is 1. The number of nitrogens with zero attached hydrogens (tertiary/aromatic N) is 1. The van der Waals surface area contributed by atoms with Gasteiger partial charge in [-0.05, 0) is 38.5 Å². The van der Waals surface area contributed by atoms with E-state index in [4.69, 9.17) is 0 Å². The maximum atomic E-state index is 11.6. The summed E-state index contributed by atoms with van der Waals surface area (Å²) in [7, 11) is 0. The van der Waals surface area contributed by atoms with Crippen LogP contribution >= 0.6 is 0 Å². The molecule has 0 aromatic carbocycles. The van der Waals surface area contributed by atoms with Crippen LogP contribution in [0.1, 0.15) is 42.8 Å². The first-order valence-electron chi connectivity index (χ1n) is 5.77. The Labute approximate surface area is 96.3 Å². The summed E-state index contributed by atoms with van der Waals surface area (Å²) < 4.78 is 0. The number of carbonyl (C=O) groups is 1. The van der Waals surface area contributed by atoms with Crippen LogP contribution < -0.4 is 5.32 Å². The maximum absolute atomic E-state index is 11.6. The van der Waals surface area contributed by atoms with Crippen LogP contribution in [0.15, 0.2) is 12.1 Å². The number of Topliss-reactive ketones (excluding diaryl/α,β-unsaturated/α-hetero) is 1. The fourth-order valence-corrected chi connectivity index (χ4v) is 2.40. The average Bonchev–Trinajstić information content (AvgIpc) is 2.14. The fourth-order valence-electron chi connectivity index (χ4n) is 2.40. The third-order valence-electron chi connectivity index (χ3n) is 2.96. The lowest BCUT2D eigenvalue weighted by Crippen LogP contribution is -2.38. The number of pyridine rings is 1. The van der Waals surface area contributed by atoms with Gasteiger partial charge in [-0.25, -0.2) is 0 Å². The van der Waals surface area contributed by atoms with Gasteiger partial charge < -0.3 is 5.32 Å². The van der Waals surface area contributed by atoms with E-state index in [9.17, 15) is 4.79 Å². The summed E-state index contributed by atoms with van der Waals surface area (Å²) in [4.78, 5) is 15.9. The van der Waals surface area contributed by atoms with Gasteiger partial charge in [-0.2, -0.15) is 0 Å². The van der Waals surface area contributed by atoms with Gasteiger partial charge in [0, 0.05) is 36.3 Å². The second-order valence-electron chi connectivity index (χ2n) is 4.75. The third-order valence-corrected chi connectivity index (χ3v) is 2.96. The summed E-state index contributed by atoms with van der Waals surface area (Å²) in [6.45, 7) is 6.04. The fraction of sp³-hybridized carbons (Fsp3) is 0.538. The molecule has 0 aliphatic carbocycles. The number of hydrogen-bond acceptors (Lipinski definition) is 3. The van der Waals surface area contributed by atoms with Crippen molar-refractivity contribution >= 4 is 5.78 Å². The first-order valence-corrected chi connectivity index (χ1v) is 5.77. The van der Waals surface area contributed by atoms with Crippen molar-refractivity contribution in [3.8, 4) is 0 Å². The van der Waals surface area contributed by atoms with Crippen molar-refractivity contribution in [3.05, 3.63) is 29.1 Å². The van der Waals surface area contributed by atoms with E-state index in [-0.39, 0.29) is 12.1 Å². The summed E-state index contributed by atoms with van der Waals surface area (Å²) in [6.07, 6.45) is 1.26. The first kappa shape index (κ1) is 11.3. The minimum Gasteiger partial charge on any atom is -0.307 e. The minimum atomic E-state index is 0.164. The number of aryl methyl sites for hydroxylation is 2. The second-order valence-corrected chi connectivity index (χ2v) is 4.75. The molecule has 2 heterocycles. The summed E-state index contributed by atoms with van der Waals surface area (Å²) in [5.74, 6) is 0.350. The van der Waals surface area contributed by atoms with Crippen LogP contribution in [0.2, 0.25) is 0 Å². The zero-order valence-electron chi connectivity index (χ0n) is 10.1. The Hall–Kier alpha value is -1.22. The molecule has 0 bridgehead atoms. The number of hydrogen-bond donors (Lipinski definition) is 1. The predicted octanol–water partition coefficient (Wildman–Crippen LogP) is 2.08. The van der Waals surface area contributed by atoms with E-state index >= 15 is 0 Å². The normalized spacial score (nSPS) is 25.8. The number of carbonyl (C=O) groups excluding carboxylic acids is 1. The SMILES string of the molecule is Cc1cc(C2CC(=O)CC(C)N2)cc(C)n1. The Bertz CT molecular complexity index is 394. The van der Waals surface area contributed by atoms with Gasteiger partial charge in [-0.1, -0.05) is 0 Å². The minimum absolute atomic E-state index is 0.164. The molecule has 0 amide bonds. The van der Waals surface area contributed by atoms with E-state index in [2.05, 4.69) is 29.4 Å². The van der Waals surface area contributed by atoms with Crippen molar-refractivity contribution in [3.63, 3.8) is 0 Å². The molecule has 0 spiro atoms. The molecule has 1 fully saturated rings. The highest BCUT2D eigenvalue weighted by Gasteiger charge is 2.25. The molecule has 2 rings (SSSR count). The van der Waals surface area contributed by atoms with Crippen molar-refractivity contribution in [2.24, 2.45) is 0 Å². The lowest BCUT2D eigenvalue weighted by atomic mass is 9.93. The number of piperidine rings is 1. The summed E-state index contributed by atoms with van der Waals surface area (Å²) >= 11 is 0. The van der Waals surface area contributed by atoms with Gasteiger partial charge in [0.25, 0.3) is 0 Å². The van der Waals surface area contributed by atoms with E-state index in [1.54, 1.807) is 0 Å². The molecular weight excluding hydrogens is 200 g/mol. The zero-order valence-corrected chi connectivity index (χ0v) is 10.1. The van der Waals surface area contributed by atoms with Crippen LogP contribution in [0.5, 0.6) is 0 Å². The highest BCUT2D eigenvalue weighted by Crippen LogP contribution is 2.24. The smallest absolute Gasteiger partial charge is 0.136 e. The van der Waals surface area contributed by atoms with Crippen LogP contribution in [-0.4, -0.2) is 16.8 Å². The van der Waals surface area contributed by atoms with E-state index in [1.807, 2.05) is 13.8 Å². The molecular formula is C13H18N2O. The quantitative estimate of drug-likeness (QED) is 0.784. The summed E-state index contributed by atoms with van der Waals surface area (Å²) in [5, 5.41) is 3.47. The van der Waals surface area contributed by atoms with Crippen molar-refractivity contribution < 1.29 is 4.79 Å². The summed E-state index contributed by atoms with van der Waals surface area (Å²) in [5.41, 5.74) is 3.22. The van der Waals surface area contributed by atoms with Gasteiger partial charge >= 0.3 is 0 Å². The van der Waals surface area contributed by atoms with Gasteiger partial charge in [0.2, 0.25) is 0 Å². The monoisotopic (exact) mass is 218 g/mol. The highest BCUT2D eigenvalue weighted by molar-refractivity contribution is 5.80. The summed E-state index contributed by atoms with van der Waals surface area (Å²) in [6, 6.07) is 4.57. The van der Waals surface area contributed by atoms with Gasteiger partial charge in [0.15, 0.2) is 0 Å². The lowest BCUT2D eigenvalue weighted by molar-refractivity contribution is -0.121. The van der Waals surface area contributed by atoms with Crippen molar-refractivity contribution in [2.75, 3.05) is 0 Å². The zero-order chi connectivity index (χ0) is 11.7. The molecule has 86 valence electrons. The molecule has 1 N–H and O–H groups in total. The first-order chi connectivity index (χ1) is 7.54. The topological polar surface area (TPSA) is 42.0 Å². The van der Waals surface area contributed by atoms with Crippen molar-refractivity contribution in [1.82, 2.24) is 10.3 Å². The van der Waals surface area contributed by atoms with Gasteiger partial charge in [0.05, 0.1) is 0 Å². The van der Waals surface area contributed by atoms with Crippen LogP contribution in [0.4, 0.5) is 0 Å². The van der Waals surface area contributed by atoms with Crippen LogP contribution in [0.3, 0.4) is 0 Å². The molecule has 1 aliphatic heterocycles. The van der Waals surface area contributed by atoms with Crippen LogP contribution in [0, 0.1) is 13.8 Å². The molecule has 16 heavy (non-hydrogen) atoms. The number of rotatable bonds is 1. The molecule has 3 heteroatoms. The maximum Gasteiger partial charge on any atom is 0.136 e. The third kappa shape index (κ3) is 2.47. The largest absolute Gasteiger partial charge is 0.307 e. The molecule has 2 atom stereocenters. The predicted molar refractivity (Wildman–Crippen MR) is 63.3 cm³/mol.